The average molecular weight is 267 g/mol. The summed E-state index contributed by atoms with van der Waals surface area (Å²) in [6, 6.07) is 2.04. The molecule has 0 aromatic carbocycles. The quantitative estimate of drug-likeness (QED) is 0.746. The summed E-state index contributed by atoms with van der Waals surface area (Å²) in [4.78, 5) is 12.7. The highest BCUT2D eigenvalue weighted by Gasteiger charge is 2.06. The van der Waals surface area contributed by atoms with Crippen molar-refractivity contribution < 1.29 is 9.90 Å². The van der Waals surface area contributed by atoms with E-state index in [2.05, 4.69) is 12.2 Å². The average Bonchev–Trinajstić information content (AvgIpc) is 2.77. The van der Waals surface area contributed by atoms with E-state index in [1.807, 2.05) is 24.4 Å². The van der Waals surface area contributed by atoms with Gasteiger partial charge in [0, 0.05) is 24.1 Å². The standard InChI is InChI=1S/C14H21NO2S/c1-3-12(6-8-16)10-15-14(17)5-4-13-11(2)7-9-18-13/h4-5,7,9,12,16H,3,6,8,10H2,1-2H3,(H,15,17). The summed E-state index contributed by atoms with van der Waals surface area (Å²) < 4.78 is 0. The second-order valence-corrected chi connectivity index (χ2v) is 5.28. The lowest BCUT2D eigenvalue weighted by Crippen LogP contribution is -2.28. The van der Waals surface area contributed by atoms with Gasteiger partial charge in [0.2, 0.25) is 5.91 Å². The molecule has 1 rings (SSSR count). The normalized spacial score (nSPS) is 12.8. The third-order valence-corrected chi connectivity index (χ3v) is 3.95. The van der Waals surface area contributed by atoms with Gasteiger partial charge in [-0.1, -0.05) is 13.3 Å². The number of hydrogen-bond acceptors (Lipinski definition) is 3. The molecule has 0 fully saturated rings. The molecule has 2 N–H and O–H groups in total. The molecule has 0 radical (unpaired) electrons. The summed E-state index contributed by atoms with van der Waals surface area (Å²) in [7, 11) is 0. The lowest BCUT2D eigenvalue weighted by molar-refractivity contribution is -0.116. The van der Waals surface area contributed by atoms with E-state index in [-0.39, 0.29) is 12.5 Å². The van der Waals surface area contributed by atoms with Crippen LogP contribution in [-0.4, -0.2) is 24.2 Å². The number of amides is 1. The highest BCUT2D eigenvalue weighted by molar-refractivity contribution is 7.11. The molecule has 1 amide bonds. The van der Waals surface area contributed by atoms with Crippen LogP contribution in [0, 0.1) is 12.8 Å². The third-order valence-electron chi connectivity index (χ3n) is 2.97. The lowest BCUT2D eigenvalue weighted by atomic mass is 10.0. The second-order valence-electron chi connectivity index (χ2n) is 4.33. The van der Waals surface area contributed by atoms with Gasteiger partial charge in [-0.25, -0.2) is 0 Å². The van der Waals surface area contributed by atoms with E-state index in [1.165, 1.54) is 5.56 Å². The number of carbonyl (C=O) groups is 1. The molecule has 1 atom stereocenters. The van der Waals surface area contributed by atoms with Gasteiger partial charge in [0.1, 0.15) is 0 Å². The molecule has 0 aliphatic rings. The molecule has 3 nitrogen and oxygen atoms in total. The van der Waals surface area contributed by atoms with Gasteiger partial charge >= 0.3 is 0 Å². The molecule has 18 heavy (non-hydrogen) atoms. The molecular weight excluding hydrogens is 246 g/mol. The lowest BCUT2D eigenvalue weighted by Gasteiger charge is -2.13. The van der Waals surface area contributed by atoms with Crippen LogP contribution in [0.5, 0.6) is 0 Å². The summed E-state index contributed by atoms with van der Waals surface area (Å²) >= 11 is 1.63. The Hall–Kier alpha value is -1.13. The fourth-order valence-electron chi connectivity index (χ4n) is 1.64. The van der Waals surface area contributed by atoms with E-state index < -0.39 is 0 Å². The number of aryl methyl sites for hydroxylation is 1. The van der Waals surface area contributed by atoms with Crippen LogP contribution in [0.3, 0.4) is 0 Å². The number of aliphatic hydroxyl groups excluding tert-OH is 1. The minimum atomic E-state index is -0.0702. The first-order valence-corrected chi connectivity index (χ1v) is 7.16. The maximum Gasteiger partial charge on any atom is 0.244 e. The molecule has 0 spiro atoms. The van der Waals surface area contributed by atoms with Crippen LogP contribution < -0.4 is 5.32 Å². The fourth-order valence-corrected chi connectivity index (χ4v) is 2.46. The van der Waals surface area contributed by atoms with Crippen molar-refractivity contribution in [3.63, 3.8) is 0 Å². The Balaban J connectivity index is 2.38. The van der Waals surface area contributed by atoms with Crippen LogP contribution in [0.1, 0.15) is 30.2 Å². The molecule has 0 aliphatic heterocycles. The second kappa shape index (κ2) is 8.06. The van der Waals surface area contributed by atoms with E-state index >= 15 is 0 Å². The monoisotopic (exact) mass is 267 g/mol. The SMILES string of the molecule is CCC(CCO)CNC(=O)C=Cc1sccc1C. The van der Waals surface area contributed by atoms with Crippen LogP contribution >= 0.6 is 11.3 Å². The van der Waals surface area contributed by atoms with Crippen molar-refractivity contribution in [2.24, 2.45) is 5.92 Å². The predicted molar refractivity (Wildman–Crippen MR) is 76.6 cm³/mol. The molecule has 0 aliphatic carbocycles. The number of hydrogen-bond donors (Lipinski definition) is 2. The Morgan fingerprint density at radius 2 is 2.39 bits per heavy atom. The Labute approximate surface area is 113 Å². The molecule has 100 valence electrons. The zero-order valence-electron chi connectivity index (χ0n) is 11.0. The van der Waals surface area contributed by atoms with Crippen molar-refractivity contribution in [2.75, 3.05) is 13.2 Å². The molecule has 0 bridgehead atoms. The van der Waals surface area contributed by atoms with Crippen molar-refractivity contribution in [2.45, 2.75) is 26.7 Å². The molecule has 4 heteroatoms. The van der Waals surface area contributed by atoms with Crippen molar-refractivity contribution >= 4 is 23.3 Å². The summed E-state index contributed by atoms with van der Waals surface area (Å²) in [5.41, 5.74) is 1.19. The zero-order valence-corrected chi connectivity index (χ0v) is 11.8. The number of carbonyl (C=O) groups excluding carboxylic acids is 1. The number of rotatable bonds is 7. The number of nitrogens with one attached hydrogen (secondary N) is 1. The maximum absolute atomic E-state index is 11.6. The summed E-state index contributed by atoms with van der Waals surface area (Å²) in [5.74, 6) is 0.287. The van der Waals surface area contributed by atoms with Gasteiger partial charge in [0.15, 0.2) is 0 Å². The maximum atomic E-state index is 11.6. The Kier molecular flexibility index (Phi) is 6.68. The highest BCUT2D eigenvalue weighted by atomic mass is 32.1. The van der Waals surface area contributed by atoms with Crippen LogP contribution in [0.4, 0.5) is 0 Å². The van der Waals surface area contributed by atoms with Gasteiger partial charge in [-0.3, -0.25) is 4.79 Å². The van der Waals surface area contributed by atoms with Gasteiger partial charge in [0.25, 0.3) is 0 Å². The summed E-state index contributed by atoms with van der Waals surface area (Å²) in [5, 5.41) is 13.7. The minimum Gasteiger partial charge on any atom is -0.396 e. The van der Waals surface area contributed by atoms with Crippen LogP contribution in [-0.2, 0) is 4.79 Å². The van der Waals surface area contributed by atoms with E-state index in [0.717, 1.165) is 17.7 Å². The van der Waals surface area contributed by atoms with Gasteiger partial charge in [-0.05, 0) is 42.3 Å². The van der Waals surface area contributed by atoms with Gasteiger partial charge in [-0.15, -0.1) is 11.3 Å². The first-order valence-electron chi connectivity index (χ1n) is 6.28. The molecule has 0 saturated carbocycles. The topological polar surface area (TPSA) is 49.3 Å². The van der Waals surface area contributed by atoms with E-state index in [4.69, 9.17) is 5.11 Å². The zero-order chi connectivity index (χ0) is 13.4. The van der Waals surface area contributed by atoms with Crippen LogP contribution in [0.25, 0.3) is 6.08 Å². The van der Waals surface area contributed by atoms with Crippen molar-refractivity contribution in [3.8, 4) is 0 Å². The number of thiophene rings is 1. The van der Waals surface area contributed by atoms with E-state index in [9.17, 15) is 4.79 Å². The van der Waals surface area contributed by atoms with Crippen molar-refractivity contribution in [1.29, 1.82) is 0 Å². The first kappa shape index (κ1) is 14.9. The molecule has 1 aromatic heterocycles. The summed E-state index contributed by atoms with van der Waals surface area (Å²) in [6.45, 7) is 4.90. The summed E-state index contributed by atoms with van der Waals surface area (Å²) in [6.07, 6.45) is 5.13. The van der Waals surface area contributed by atoms with Crippen LogP contribution in [0.15, 0.2) is 17.5 Å². The smallest absolute Gasteiger partial charge is 0.244 e. The molecule has 1 unspecified atom stereocenters. The molecular formula is C14H21NO2S. The van der Waals surface area contributed by atoms with E-state index in [0.29, 0.717) is 12.5 Å². The van der Waals surface area contributed by atoms with Gasteiger partial charge in [0.05, 0.1) is 0 Å². The first-order chi connectivity index (χ1) is 8.67. The minimum absolute atomic E-state index is 0.0702. The van der Waals surface area contributed by atoms with Gasteiger partial charge < -0.3 is 10.4 Å². The number of aliphatic hydroxyl groups is 1. The molecule has 1 heterocycles. The highest BCUT2D eigenvalue weighted by Crippen LogP contribution is 2.16. The molecule has 0 saturated heterocycles. The van der Waals surface area contributed by atoms with Crippen molar-refractivity contribution in [1.82, 2.24) is 5.32 Å². The Morgan fingerprint density at radius 1 is 1.61 bits per heavy atom. The largest absolute Gasteiger partial charge is 0.396 e. The Bertz CT molecular complexity index is 398. The van der Waals surface area contributed by atoms with Gasteiger partial charge in [-0.2, -0.15) is 0 Å². The van der Waals surface area contributed by atoms with Crippen LogP contribution in [0.2, 0.25) is 0 Å². The molecule has 1 aromatic rings. The third kappa shape index (κ3) is 5.02. The Morgan fingerprint density at radius 3 is 2.94 bits per heavy atom. The van der Waals surface area contributed by atoms with E-state index in [1.54, 1.807) is 17.4 Å². The predicted octanol–water partition coefficient (Wildman–Crippen LogP) is 2.59. The van der Waals surface area contributed by atoms with Crippen molar-refractivity contribution in [3.05, 3.63) is 28.0 Å². The fraction of sp³-hybridized carbons (Fsp3) is 0.500.